The van der Waals surface area contributed by atoms with Crippen LogP contribution in [-0.2, 0) is 4.84 Å². The molecule has 0 amide bonds. The minimum Gasteiger partial charge on any atom is -0.311 e. The van der Waals surface area contributed by atoms with Crippen LogP contribution in [0.3, 0.4) is 0 Å². The van der Waals surface area contributed by atoms with Crippen LogP contribution < -0.4 is 11.2 Å². The van der Waals surface area contributed by atoms with Gasteiger partial charge in [0.1, 0.15) is 6.10 Å². The number of nitrogens with one attached hydrogen (secondary N) is 1. The monoisotopic (exact) mass is 124 g/mol. The van der Waals surface area contributed by atoms with Crippen molar-refractivity contribution in [3.8, 4) is 0 Å². The lowest BCUT2D eigenvalue weighted by atomic mass is 10.2. The van der Waals surface area contributed by atoms with Gasteiger partial charge in [0.15, 0.2) is 0 Å². The maximum Gasteiger partial charge on any atom is 0.103 e. The van der Waals surface area contributed by atoms with Crippen LogP contribution in [0.2, 0.25) is 0 Å². The first-order valence-electron chi connectivity index (χ1n) is 2.00. The third-order valence-electron chi connectivity index (χ3n) is 0.936. The Hall–Kier alpha value is 0.170. The van der Waals surface area contributed by atoms with E-state index in [0.717, 1.165) is 13.1 Å². The van der Waals surface area contributed by atoms with Crippen LogP contribution in [0.5, 0.6) is 0 Å². The number of rotatable bonds is 1. The Balaban J connectivity index is 0.000000360. The van der Waals surface area contributed by atoms with E-state index >= 15 is 0 Å². The summed E-state index contributed by atoms with van der Waals surface area (Å²) < 4.78 is 0. The topological polar surface area (TPSA) is 47.3 Å². The van der Waals surface area contributed by atoms with E-state index in [1.165, 1.54) is 0 Å². The van der Waals surface area contributed by atoms with E-state index in [4.69, 9.17) is 5.90 Å². The average Bonchev–Trinajstić information content (AvgIpc) is 1.31. The number of hydrogen-bond acceptors (Lipinski definition) is 3. The van der Waals surface area contributed by atoms with Crippen LogP contribution in [0.4, 0.5) is 0 Å². The number of hydrogen-bond donors (Lipinski definition) is 2. The van der Waals surface area contributed by atoms with Crippen molar-refractivity contribution in [1.82, 2.24) is 5.32 Å². The highest BCUT2D eigenvalue weighted by Crippen LogP contribution is 1.90. The maximum atomic E-state index is 4.79. The second kappa shape index (κ2) is 3.21. The normalized spacial score (nSPS) is 20.1. The first-order valence-corrected chi connectivity index (χ1v) is 2.00. The van der Waals surface area contributed by atoms with Gasteiger partial charge in [-0.1, -0.05) is 0 Å². The fourth-order valence-electron chi connectivity index (χ4n) is 0.358. The predicted molar refractivity (Wildman–Crippen MR) is 29.2 cm³/mol. The molecule has 1 saturated heterocycles. The lowest BCUT2D eigenvalue weighted by Gasteiger charge is -2.23. The molecular formula is C3H9ClN2O. The number of nitrogens with two attached hydrogens (primary N) is 1. The molecule has 0 aromatic carbocycles. The molecule has 3 nitrogen and oxygen atoms in total. The molecule has 0 aromatic heterocycles. The summed E-state index contributed by atoms with van der Waals surface area (Å²) in [7, 11) is 0. The summed E-state index contributed by atoms with van der Waals surface area (Å²) in [5.74, 6) is 4.79. The molecule has 7 heavy (non-hydrogen) atoms. The molecule has 0 spiro atoms. The van der Waals surface area contributed by atoms with Gasteiger partial charge in [0.25, 0.3) is 0 Å². The summed E-state index contributed by atoms with van der Waals surface area (Å²) in [4.78, 5) is 4.42. The molecule has 1 heterocycles. The van der Waals surface area contributed by atoms with Crippen molar-refractivity contribution in [3.63, 3.8) is 0 Å². The fourth-order valence-corrected chi connectivity index (χ4v) is 0.358. The highest BCUT2D eigenvalue weighted by molar-refractivity contribution is 5.85. The van der Waals surface area contributed by atoms with Gasteiger partial charge in [0.05, 0.1) is 0 Å². The predicted octanol–water partition coefficient (Wildman–Crippen LogP) is -0.730. The fraction of sp³-hybridized carbons (Fsp3) is 1.00. The van der Waals surface area contributed by atoms with Crippen molar-refractivity contribution >= 4 is 12.4 Å². The number of halogens is 1. The third kappa shape index (κ3) is 1.61. The zero-order chi connectivity index (χ0) is 4.41. The van der Waals surface area contributed by atoms with E-state index in [1.54, 1.807) is 0 Å². The smallest absolute Gasteiger partial charge is 0.103 e. The standard InChI is InChI=1S/C3H8N2O.ClH/c4-6-3-1-5-2-3;/h3,5H,1-2,4H2;1H. The summed E-state index contributed by atoms with van der Waals surface area (Å²) in [6.07, 6.45) is 0.282. The van der Waals surface area contributed by atoms with Gasteiger partial charge in [0.2, 0.25) is 0 Å². The third-order valence-corrected chi connectivity index (χ3v) is 0.936. The van der Waals surface area contributed by atoms with Crippen LogP contribution in [-0.4, -0.2) is 19.2 Å². The molecule has 1 rings (SSSR count). The van der Waals surface area contributed by atoms with E-state index in [1.807, 2.05) is 0 Å². The quantitative estimate of drug-likeness (QED) is 0.453. The Morgan fingerprint density at radius 2 is 2.14 bits per heavy atom. The molecule has 0 unspecified atom stereocenters. The molecule has 1 aliphatic heterocycles. The Labute approximate surface area is 48.6 Å². The molecule has 0 atom stereocenters. The first-order chi connectivity index (χ1) is 2.93. The van der Waals surface area contributed by atoms with E-state index < -0.39 is 0 Å². The molecule has 1 aliphatic rings. The Morgan fingerprint density at radius 1 is 1.57 bits per heavy atom. The Kier molecular flexibility index (Phi) is 3.29. The summed E-state index contributed by atoms with van der Waals surface area (Å²) in [5.41, 5.74) is 0. The summed E-state index contributed by atoms with van der Waals surface area (Å²) in [5, 5.41) is 3.01. The minimum atomic E-state index is 0. The van der Waals surface area contributed by atoms with Gasteiger partial charge in [0, 0.05) is 13.1 Å². The second-order valence-electron chi connectivity index (χ2n) is 1.42. The van der Waals surface area contributed by atoms with Crippen LogP contribution in [0, 0.1) is 0 Å². The van der Waals surface area contributed by atoms with Crippen LogP contribution in [0.15, 0.2) is 0 Å². The molecule has 0 aliphatic carbocycles. The van der Waals surface area contributed by atoms with Gasteiger partial charge >= 0.3 is 0 Å². The van der Waals surface area contributed by atoms with Crippen molar-refractivity contribution in [1.29, 1.82) is 0 Å². The van der Waals surface area contributed by atoms with Crippen molar-refractivity contribution in [2.45, 2.75) is 6.10 Å². The first kappa shape index (κ1) is 7.17. The van der Waals surface area contributed by atoms with Gasteiger partial charge in [-0.2, -0.15) is 0 Å². The van der Waals surface area contributed by atoms with Gasteiger partial charge in [-0.25, -0.2) is 5.90 Å². The Morgan fingerprint density at radius 3 is 2.14 bits per heavy atom. The van der Waals surface area contributed by atoms with E-state index in [9.17, 15) is 0 Å². The van der Waals surface area contributed by atoms with Crippen LogP contribution in [0.1, 0.15) is 0 Å². The van der Waals surface area contributed by atoms with Crippen molar-refractivity contribution < 1.29 is 4.84 Å². The lowest BCUT2D eigenvalue weighted by molar-refractivity contribution is 0.0182. The van der Waals surface area contributed by atoms with E-state index in [2.05, 4.69) is 10.2 Å². The highest BCUT2D eigenvalue weighted by Gasteiger charge is 2.14. The summed E-state index contributed by atoms with van der Waals surface area (Å²) in [6.45, 7) is 1.83. The van der Waals surface area contributed by atoms with Gasteiger partial charge in [-0.15, -0.1) is 12.4 Å². The maximum absolute atomic E-state index is 4.79. The second-order valence-corrected chi connectivity index (χ2v) is 1.42. The molecular weight excluding hydrogens is 115 g/mol. The zero-order valence-electron chi connectivity index (χ0n) is 3.89. The largest absolute Gasteiger partial charge is 0.311 e. The van der Waals surface area contributed by atoms with Gasteiger partial charge < -0.3 is 5.32 Å². The minimum absolute atomic E-state index is 0. The van der Waals surface area contributed by atoms with Gasteiger partial charge in [-0.3, -0.25) is 4.84 Å². The van der Waals surface area contributed by atoms with Crippen LogP contribution in [0.25, 0.3) is 0 Å². The van der Waals surface area contributed by atoms with Gasteiger partial charge in [-0.05, 0) is 0 Å². The molecule has 0 radical (unpaired) electrons. The summed E-state index contributed by atoms with van der Waals surface area (Å²) in [6, 6.07) is 0. The molecule has 44 valence electrons. The molecule has 1 fully saturated rings. The molecule has 3 N–H and O–H groups in total. The Bertz CT molecular complexity index is 45.4. The molecule has 4 heteroatoms. The van der Waals surface area contributed by atoms with Crippen LogP contribution >= 0.6 is 12.4 Å². The van der Waals surface area contributed by atoms with E-state index in [0.29, 0.717) is 0 Å². The molecule has 0 saturated carbocycles. The molecule has 0 aromatic rings. The van der Waals surface area contributed by atoms with E-state index in [-0.39, 0.29) is 18.5 Å². The zero-order valence-corrected chi connectivity index (χ0v) is 4.70. The molecule has 0 bridgehead atoms. The highest BCUT2D eigenvalue weighted by atomic mass is 35.5. The SMILES string of the molecule is Cl.NOC1CNC1. The average molecular weight is 125 g/mol. The van der Waals surface area contributed by atoms with Crippen molar-refractivity contribution in [2.75, 3.05) is 13.1 Å². The van der Waals surface area contributed by atoms with Crippen molar-refractivity contribution in [2.24, 2.45) is 5.90 Å². The summed E-state index contributed by atoms with van der Waals surface area (Å²) >= 11 is 0. The van der Waals surface area contributed by atoms with Crippen molar-refractivity contribution in [3.05, 3.63) is 0 Å². The lowest BCUT2D eigenvalue weighted by Crippen LogP contribution is -2.49.